The van der Waals surface area contributed by atoms with Crippen LogP contribution in [0.2, 0.25) is 0 Å². The Bertz CT molecular complexity index is 1510. The van der Waals surface area contributed by atoms with E-state index in [-0.39, 0.29) is 17.9 Å². The highest BCUT2D eigenvalue weighted by molar-refractivity contribution is 6.02. The van der Waals surface area contributed by atoms with Crippen LogP contribution in [0.1, 0.15) is 38.3 Å². The van der Waals surface area contributed by atoms with Crippen molar-refractivity contribution in [3.05, 3.63) is 84.1 Å². The SMILES string of the molecule is COC(=O)COc1ccc2c(N(Cc3ccc(-c4ccc(OC)c(C)c4)cc3)C(=O)CC(C)(C)C)nccc2c1. The Kier molecular flexibility index (Phi) is 8.73. The first-order valence-corrected chi connectivity index (χ1v) is 13.2. The summed E-state index contributed by atoms with van der Waals surface area (Å²) in [6.45, 7) is 8.38. The van der Waals surface area contributed by atoms with E-state index in [1.165, 1.54) is 7.11 Å². The molecule has 7 heteroatoms. The average Bonchev–Trinajstić information content (AvgIpc) is 2.93. The first kappa shape index (κ1) is 28.6. The second kappa shape index (κ2) is 12.2. The third kappa shape index (κ3) is 6.97. The van der Waals surface area contributed by atoms with Crippen LogP contribution in [0, 0.1) is 12.3 Å². The van der Waals surface area contributed by atoms with Crippen LogP contribution in [0.3, 0.4) is 0 Å². The molecule has 0 aliphatic heterocycles. The van der Waals surface area contributed by atoms with Gasteiger partial charge in [-0.1, -0.05) is 51.1 Å². The fourth-order valence-electron chi connectivity index (χ4n) is 4.52. The van der Waals surface area contributed by atoms with Crippen molar-refractivity contribution in [2.45, 2.75) is 40.7 Å². The van der Waals surface area contributed by atoms with Crippen molar-refractivity contribution in [1.82, 2.24) is 4.98 Å². The predicted molar refractivity (Wildman–Crippen MR) is 158 cm³/mol. The van der Waals surface area contributed by atoms with Crippen molar-refractivity contribution < 1.29 is 23.8 Å². The van der Waals surface area contributed by atoms with Crippen LogP contribution in [0.15, 0.2) is 72.9 Å². The third-order valence-electron chi connectivity index (χ3n) is 6.56. The first-order chi connectivity index (χ1) is 19.1. The van der Waals surface area contributed by atoms with Crippen molar-refractivity contribution in [3.63, 3.8) is 0 Å². The zero-order valence-electron chi connectivity index (χ0n) is 24.0. The molecule has 0 spiro atoms. The van der Waals surface area contributed by atoms with Gasteiger partial charge in [0.1, 0.15) is 17.3 Å². The first-order valence-electron chi connectivity index (χ1n) is 13.2. The molecule has 0 bridgehead atoms. The molecule has 0 saturated heterocycles. The van der Waals surface area contributed by atoms with Gasteiger partial charge in [0.15, 0.2) is 6.61 Å². The second-order valence-corrected chi connectivity index (χ2v) is 11.0. The molecule has 1 aromatic heterocycles. The summed E-state index contributed by atoms with van der Waals surface area (Å²) in [6, 6.07) is 21.7. The fraction of sp³-hybridized carbons (Fsp3) is 0.303. The van der Waals surface area contributed by atoms with Gasteiger partial charge in [-0.3, -0.25) is 9.69 Å². The number of hydrogen-bond acceptors (Lipinski definition) is 6. The Morgan fingerprint density at radius 3 is 2.27 bits per heavy atom. The summed E-state index contributed by atoms with van der Waals surface area (Å²) < 4.78 is 15.6. The Hall–Kier alpha value is -4.39. The number of hydrogen-bond donors (Lipinski definition) is 0. The maximum Gasteiger partial charge on any atom is 0.343 e. The standard InChI is InChI=1S/C33H36N2O5/c1-22-17-25(11-14-29(22)38-5)24-9-7-23(8-10-24)20-35(30(36)19-33(2,3)4)32-28-13-12-27(40-21-31(37)39-6)18-26(28)15-16-34-32/h7-18H,19-21H2,1-6H3. The molecule has 0 atom stereocenters. The number of esters is 1. The summed E-state index contributed by atoms with van der Waals surface area (Å²) in [7, 11) is 2.99. The lowest BCUT2D eigenvalue weighted by molar-refractivity contribution is -0.142. The van der Waals surface area contributed by atoms with Gasteiger partial charge in [0.05, 0.1) is 20.8 Å². The van der Waals surface area contributed by atoms with Crippen LogP contribution < -0.4 is 14.4 Å². The van der Waals surface area contributed by atoms with Gasteiger partial charge in [0, 0.05) is 18.0 Å². The van der Waals surface area contributed by atoms with Crippen molar-refractivity contribution in [2.75, 3.05) is 25.7 Å². The largest absolute Gasteiger partial charge is 0.496 e. The number of anilines is 1. The van der Waals surface area contributed by atoms with Crippen LogP contribution in [-0.4, -0.2) is 37.7 Å². The van der Waals surface area contributed by atoms with Crippen molar-refractivity contribution in [1.29, 1.82) is 0 Å². The maximum atomic E-state index is 13.7. The topological polar surface area (TPSA) is 78.0 Å². The minimum Gasteiger partial charge on any atom is -0.496 e. The molecular weight excluding hydrogens is 504 g/mol. The monoisotopic (exact) mass is 540 g/mol. The molecule has 208 valence electrons. The van der Waals surface area contributed by atoms with Crippen LogP contribution in [0.4, 0.5) is 5.82 Å². The van der Waals surface area contributed by atoms with E-state index in [1.807, 2.05) is 37.3 Å². The predicted octanol–water partition coefficient (Wildman–Crippen LogP) is 6.74. The van der Waals surface area contributed by atoms with E-state index in [0.717, 1.165) is 38.8 Å². The van der Waals surface area contributed by atoms with Gasteiger partial charge >= 0.3 is 5.97 Å². The maximum absolute atomic E-state index is 13.7. The lowest BCUT2D eigenvalue weighted by atomic mass is 9.91. The number of nitrogens with zero attached hydrogens (tertiary/aromatic N) is 2. The molecule has 0 radical (unpaired) electrons. The number of carbonyl (C=O) groups is 2. The molecule has 0 unspecified atom stereocenters. The quantitative estimate of drug-likeness (QED) is 0.219. The number of methoxy groups -OCH3 is 2. The van der Waals surface area contributed by atoms with E-state index in [2.05, 4.69) is 60.8 Å². The van der Waals surface area contributed by atoms with Gasteiger partial charge in [0.25, 0.3) is 0 Å². The Balaban J connectivity index is 1.65. The highest BCUT2D eigenvalue weighted by Gasteiger charge is 2.25. The normalized spacial score (nSPS) is 11.2. The molecule has 0 aliphatic rings. The number of fused-ring (bicyclic) bond motifs is 1. The minimum absolute atomic E-state index is 0.00614. The van der Waals surface area contributed by atoms with Crippen molar-refractivity contribution in [3.8, 4) is 22.6 Å². The minimum atomic E-state index is -0.456. The molecule has 0 fully saturated rings. The van der Waals surface area contributed by atoms with E-state index < -0.39 is 5.97 Å². The molecule has 4 aromatic rings. The molecule has 3 aromatic carbocycles. The summed E-state index contributed by atoms with van der Waals surface area (Å²) >= 11 is 0. The van der Waals surface area contributed by atoms with E-state index in [1.54, 1.807) is 24.3 Å². The van der Waals surface area contributed by atoms with Crippen LogP contribution in [0.25, 0.3) is 21.9 Å². The summed E-state index contributed by atoms with van der Waals surface area (Å²) in [4.78, 5) is 31.6. The molecule has 0 saturated carbocycles. The zero-order chi connectivity index (χ0) is 28.9. The van der Waals surface area contributed by atoms with Crippen LogP contribution in [-0.2, 0) is 20.9 Å². The van der Waals surface area contributed by atoms with E-state index in [0.29, 0.717) is 24.5 Å². The number of aryl methyl sites for hydroxylation is 1. The van der Waals surface area contributed by atoms with Gasteiger partial charge in [-0.25, -0.2) is 9.78 Å². The zero-order valence-corrected chi connectivity index (χ0v) is 24.0. The summed E-state index contributed by atoms with van der Waals surface area (Å²) in [5.74, 6) is 1.52. The number of aromatic nitrogens is 1. The van der Waals surface area contributed by atoms with Gasteiger partial charge in [-0.2, -0.15) is 0 Å². The highest BCUT2D eigenvalue weighted by atomic mass is 16.6. The number of carbonyl (C=O) groups excluding carboxylic acids is 2. The number of pyridine rings is 1. The smallest absolute Gasteiger partial charge is 0.343 e. The average molecular weight is 541 g/mol. The van der Waals surface area contributed by atoms with Gasteiger partial charge in [0.2, 0.25) is 5.91 Å². The summed E-state index contributed by atoms with van der Waals surface area (Å²) in [5, 5.41) is 1.67. The van der Waals surface area contributed by atoms with Crippen LogP contribution >= 0.6 is 0 Å². The summed E-state index contributed by atoms with van der Waals surface area (Å²) in [6.07, 6.45) is 2.06. The molecular formula is C33H36N2O5. The molecule has 0 aliphatic carbocycles. The van der Waals surface area contributed by atoms with E-state index >= 15 is 0 Å². The number of rotatable bonds is 9. The van der Waals surface area contributed by atoms with E-state index in [9.17, 15) is 9.59 Å². The Morgan fingerprint density at radius 2 is 1.62 bits per heavy atom. The van der Waals surface area contributed by atoms with Crippen LogP contribution in [0.5, 0.6) is 11.5 Å². The molecule has 7 nitrogen and oxygen atoms in total. The van der Waals surface area contributed by atoms with Crippen molar-refractivity contribution >= 4 is 28.5 Å². The number of benzene rings is 3. The Labute approximate surface area is 235 Å². The van der Waals surface area contributed by atoms with E-state index in [4.69, 9.17) is 9.47 Å². The van der Waals surface area contributed by atoms with Gasteiger partial charge in [-0.15, -0.1) is 0 Å². The molecule has 1 amide bonds. The number of ether oxygens (including phenoxy) is 3. The Morgan fingerprint density at radius 1 is 0.900 bits per heavy atom. The lowest BCUT2D eigenvalue weighted by Crippen LogP contribution is -2.34. The van der Waals surface area contributed by atoms with Crippen molar-refractivity contribution in [2.24, 2.45) is 5.41 Å². The van der Waals surface area contributed by atoms with Gasteiger partial charge in [-0.05, 0) is 76.4 Å². The fourth-order valence-corrected chi connectivity index (χ4v) is 4.52. The molecule has 4 rings (SSSR count). The summed E-state index contributed by atoms with van der Waals surface area (Å²) in [5.41, 5.74) is 4.07. The third-order valence-corrected chi connectivity index (χ3v) is 6.56. The highest BCUT2D eigenvalue weighted by Crippen LogP contribution is 2.32. The molecule has 1 heterocycles. The number of amides is 1. The molecule has 40 heavy (non-hydrogen) atoms. The molecule has 0 N–H and O–H groups in total. The lowest BCUT2D eigenvalue weighted by Gasteiger charge is -2.27. The van der Waals surface area contributed by atoms with Gasteiger partial charge < -0.3 is 14.2 Å². The second-order valence-electron chi connectivity index (χ2n) is 11.0.